The number of hydrogen-bond donors (Lipinski definition) is 3. The van der Waals surface area contributed by atoms with E-state index in [2.05, 4.69) is 11.9 Å². The van der Waals surface area contributed by atoms with E-state index in [0.29, 0.717) is 24.3 Å². The van der Waals surface area contributed by atoms with Crippen molar-refractivity contribution in [2.75, 3.05) is 13.7 Å². The number of carbonyl (C=O) groups is 2. The maximum absolute atomic E-state index is 12.4. The molecule has 170 valence electrons. The van der Waals surface area contributed by atoms with Crippen LogP contribution in [0.5, 0.6) is 5.75 Å². The maximum atomic E-state index is 12.4. The van der Waals surface area contributed by atoms with Gasteiger partial charge in [-0.3, -0.25) is 9.69 Å². The number of benzene rings is 2. The zero-order chi connectivity index (χ0) is 22.8. The summed E-state index contributed by atoms with van der Waals surface area (Å²) in [5.41, 5.74) is 0.981. The molecular formula is C24H27NO7. The number of ether oxygens (including phenoxy) is 2. The molecular weight excluding hydrogens is 414 g/mol. The Balaban J connectivity index is 0.000000207. The van der Waals surface area contributed by atoms with Crippen molar-refractivity contribution in [1.29, 1.82) is 0 Å². The fraction of sp³-hybridized carbons (Fsp3) is 0.417. The predicted molar refractivity (Wildman–Crippen MR) is 114 cm³/mol. The number of aliphatic hydroxyl groups is 1. The number of carboxylic acid groups (broad SMARTS) is 1. The summed E-state index contributed by atoms with van der Waals surface area (Å²) < 4.78 is 11.4. The number of likely N-dealkylation sites (N-methyl/N-ethyl adjacent to an activating group) is 1. The van der Waals surface area contributed by atoms with Crippen molar-refractivity contribution in [2.24, 2.45) is 0 Å². The molecule has 3 N–H and O–H groups in total. The van der Waals surface area contributed by atoms with Crippen LogP contribution in [0.15, 0.2) is 54.6 Å². The average Bonchev–Trinajstić information content (AvgIpc) is 3.54. The molecule has 0 aromatic heterocycles. The molecule has 2 aromatic rings. The molecule has 0 saturated carbocycles. The topological polar surface area (TPSA) is 120 Å². The number of carbonyl (C=O) groups excluding carboxylic acids is 1. The van der Waals surface area contributed by atoms with Crippen LogP contribution >= 0.6 is 0 Å². The number of piperidine rings is 1. The minimum atomic E-state index is -0.986. The van der Waals surface area contributed by atoms with Crippen molar-refractivity contribution >= 4 is 11.9 Å². The average molecular weight is 441 g/mol. The Morgan fingerprint density at radius 3 is 2.19 bits per heavy atom. The normalized spacial score (nSPS) is 28.6. The molecule has 0 spiro atoms. The second-order valence-electron chi connectivity index (χ2n) is 8.39. The van der Waals surface area contributed by atoms with Crippen LogP contribution in [-0.2, 0) is 14.3 Å². The molecule has 3 aliphatic rings. The third-order valence-electron chi connectivity index (χ3n) is 6.44. The maximum Gasteiger partial charge on any atom is 0.335 e. The van der Waals surface area contributed by atoms with Crippen LogP contribution in [0.4, 0.5) is 0 Å². The van der Waals surface area contributed by atoms with Gasteiger partial charge in [-0.1, -0.05) is 30.3 Å². The number of aromatic hydroxyl groups is 1. The highest BCUT2D eigenvalue weighted by Crippen LogP contribution is 2.48. The summed E-state index contributed by atoms with van der Waals surface area (Å²) in [4.78, 5) is 25.0. The Hall–Kier alpha value is -2.94. The molecule has 3 saturated heterocycles. The summed E-state index contributed by atoms with van der Waals surface area (Å²) in [6.07, 6.45) is 2.26. The van der Waals surface area contributed by atoms with Crippen LogP contribution in [-0.4, -0.2) is 76.2 Å². The number of epoxide rings is 1. The monoisotopic (exact) mass is 441 g/mol. The van der Waals surface area contributed by atoms with E-state index in [9.17, 15) is 14.7 Å². The van der Waals surface area contributed by atoms with Crippen molar-refractivity contribution in [2.45, 2.75) is 49.2 Å². The first kappa shape index (κ1) is 22.3. The number of fused-ring (bicyclic) bond motifs is 5. The van der Waals surface area contributed by atoms with Gasteiger partial charge in [-0.05, 0) is 36.9 Å². The van der Waals surface area contributed by atoms with Gasteiger partial charge in [0.2, 0.25) is 0 Å². The summed E-state index contributed by atoms with van der Waals surface area (Å²) in [5.74, 6) is -1.83. The lowest BCUT2D eigenvalue weighted by atomic mass is 9.97. The van der Waals surface area contributed by atoms with Crippen LogP contribution < -0.4 is 0 Å². The number of morpholine rings is 1. The summed E-state index contributed by atoms with van der Waals surface area (Å²) in [7, 11) is 2.13. The lowest BCUT2D eigenvalue weighted by Gasteiger charge is -2.38. The summed E-state index contributed by atoms with van der Waals surface area (Å²) in [6, 6.07) is 15.4. The number of hydrogen-bond acceptors (Lipinski definition) is 7. The predicted octanol–water partition coefficient (Wildman–Crippen LogP) is 2.01. The fourth-order valence-corrected chi connectivity index (χ4v) is 4.65. The van der Waals surface area contributed by atoms with Gasteiger partial charge in [0, 0.05) is 24.9 Å². The minimum absolute atomic E-state index is 0.0622. The number of phenolic OH excluding ortho intramolecular Hbond substituents is 1. The Morgan fingerprint density at radius 1 is 1.06 bits per heavy atom. The van der Waals surface area contributed by atoms with Gasteiger partial charge in [-0.25, -0.2) is 4.79 Å². The van der Waals surface area contributed by atoms with Gasteiger partial charge in [0.25, 0.3) is 0 Å². The van der Waals surface area contributed by atoms with E-state index in [1.807, 2.05) is 30.3 Å². The van der Waals surface area contributed by atoms with Gasteiger partial charge >= 0.3 is 11.9 Å². The fourth-order valence-electron chi connectivity index (χ4n) is 4.65. The van der Waals surface area contributed by atoms with Gasteiger partial charge in [0.05, 0.1) is 12.2 Å². The zero-order valence-corrected chi connectivity index (χ0v) is 17.7. The van der Waals surface area contributed by atoms with Crippen LogP contribution in [0.2, 0.25) is 0 Å². The Bertz CT molecular complexity index is 931. The molecule has 3 fully saturated rings. The molecule has 6 atom stereocenters. The van der Waals surface area contributed by atoms with E-state index in [1.165, 1.54) is 24.3 Å². The molecule has 0 amide bonds. The highest BCUT2D eigenvalue weighted by atomic mass is 16.6. The number of nitrogens with zero attached hydrogens (tertiary/aromatic N) is 1. The largest absolute Gasteiger partial charge is 0.508 e. The van der Waals surface area contributed by atoms with Crippen molar-refractivity contribution < 1.29 is 34.4 Å². The molecule has 0 aliphatic carbocycles. The third kappa shape index (κ3) is 4.62. The van der Waals surface area contributed by atoms with E-state index in [4.69, 9.17) is 19.7 Å². The van der Waals surface area contributed by atoms with E-state index in [0.717, 1.165) is 18.4 Å². The lowest BCUT2D eigenvalue weighted by molar-refractivity contribution is -0.156. The van der Waals surface area contributed by atoms with Crippen molar-refractivity contribution in [3.8, 4) is 5.75 Å². The number of aromatic carboxylic acids is 1. The first-order valence-electron chi connectivity index (χ1n) is 10.6. The number of carboxylic acids is 1. The number of rotatable bonds is 5. The number of esters is 1. The van der Waals surface area contributed by atoms with Crippen LogP contribution in [0.1, 0.15) is 34.7 Å². The van der Waals surface area contributed by atoms with E-state index in [-0.39, 0.29) is 30.0 Å². The van der Waals surface area contributed by atoms with Crippen molar-refractivity contribution in [1.82, 2.24) is 4.90 Å². The molecule has 32 heavy (non-hydrogen) atoms. The Labute approximate surface area is 186 Å². The van der Waals surface area contributed by atoms with E-state index in [1.54, 1.807) is 0 Å². The van der Waals surface area contributed by atoms with E-state index >= 15 is 0 Å². The van der Waals surface area contributed by atoms with Gasteiger partial charge in [0.1, 0.15) is 30.0 Å². The lowest BCUT2D eigenvalue weighted by Crippen LogP contribution is -2.48. The summed E-state index contributed by atoms with van der Waals surface area (Å²) >= 11 is 0. The smallest absolute Gasteiger partial charge is 0.335 e. The second-order valence-corrected chi connectivity index (χ2v) is 8.39. The SMILES string of the molecule is CN1[C@@H]2C[C@@H](OC(=O)[C@H](CO)c3ccccc3)C[C@H]1[C@@H]1O[C@@H]12.O=C(O)c1ccc(O)cc1. The number of phenols is 1. The standard InChI is InChI=1S/C17H21NO4.C7H6O3/c1-18-13-7-11(8-14(18)16-15(13)22-16)21-17(20)12(9-19)10-5-3-2-4-6-10;8-6-3-1-5(2-4-6)7(9)10/h2-6,11-16,19H,7-9H2,1H3;1-4,8H,(H,9,10)/t11-,12-,13-,14+,15-,16+;/m1./s1. The molecule has 8 heteroatoms. The molecule has 2 aromatic carbocycles. The van der Waals surface area contributed by atoms with Crippen LogP contribution in [0.3, 0.4) is 0 Å². The van der Waals surface area contributed by atoms with Crippen molar-refractivity contribution in [3.05, 3.63) is 65.7 Å². The molecule has 0 unspecified atom stereocenters. The first-order valence-corrected chi connectivity index (χ1v) is 10.6. The van der Waals surface area contributed by atoms with Crippen molar-refractivity contribution in [3.63, 3.8) is 0 Å². The highest BCUT2D eigenvalue weighted by molar-refractivity contribution is 5.87. The number of aliphatic hydroxyl groups excluding tert-OH is 1. The zero-order valence-electron chi connectivity index (χ0n) is 17.7. The molecule has 3 aliphatic heterocycles. The van der Waals surface area contributed by atoms with Gasteiger partial charge in [-0.2, -0.15) is 0 Å². The van der Waals surface area contributed by atoms with Crippen LogP contribution in [0, 0.1) is 0 Å². The van der Waals surface area contributed by atoms with E-state index < -0.39 is 11.9 Å². The molecule has 0 radical (unpaired) electrons. The minimum Gasteiger partial charge on any atom is -0.508 e. The summed E-state index contributed by atoms with van der Waals surface area (Å²) in [6.45, 7) is -0.226. The summed E-state index contributed by atoms with van der Waals surface area (Å²) in [5, 5.41) is 26.7. The van der Waals surface area contributed by atoms with Gasteiger partial charge in [0.15, 0.2) is 0 Å². The Kier molecular flexibility index (Phi) is 6.45. The van der Waals surface area contributed by atoms with Gasteiger partial charge in [-0.15, -0.1) is 0 Å². The highest BCUT2D eigenvalue weighted by Gasteiger charge is 2.62. The molecule has 8 nitrogen and oxygen atoms in total. The first-order chi connectivity index (χ1) is 15.4. The molecule has 5 rings (SSSR count). The van der Waals surface area contributed by atoms with Gasteiger partial charge < -0.3 is 24.8 Å². The molecule has 3 heterocycles. The second kappa shape index (κ2) is 9.28. The Morgan fingerprint density at radius 2 is 1.66 bits per heavy atom. The molecule has 2 bridgehead atoms. The third-order valence-corrected chi connectivity index (χ3v) is 6.44. The quantitative estimate of drug-likeness (QED) is 0.476. The van der Waals surface area contributed by atoms with Crippen LogP contribution in [0.25, 0.3) is 0 Å².